The molecule has 3 rings (SSSR count). The number of nitrogens with zero attached hydrogens (tertiary/aromatic N) is 1. The van der Waals surface area contributed by atoms with Crippen molar-refractivity contribution in [2.24, 2.45) is 0 Å². The molecule has 0 aromatic heterocycles. The van der Waals surface area contributed by atoms with E-state index in [0.29, 0.717) is 19.5 Å². The summed E-state index contributed by atoms with van der Waals surface area (Å²) >= 11 is 0. The van der Waals surface area contributed by atoms with Gasteiger partial charge in [0.25, 0.3) is 0 Å². The predicted octanol–water partition coefficient (Wildman–Crippen LogP) is 4.96. The third kappa shape index (κ3) is 4.83. The van der Waals surface area contributed by atoms with Crippen LogP contribution in [0.5, 0.6) is 0 Å². The Morgan fingerprint density at radius 1 is 0.917 bits per heavy atom. The minimum Gasteiger partial charge on any atom is -0.363 e. The van der Waals surface area contributed by atoms with Crippen LogP contribution in [-0.2, 0) is 4.74 Å². The summed E-state index contributed by atoms with van der Waals surface area (Å²) in [6.07, 6.45) is 6.75. The summed E-state index contributed by atoms with van der Waals surface area (Å²) in [5.74, 6) is 0. The molecule has 0 saturated heterocycles. The molecule has 0 atom stereocenters. The molecule has 3 heteroatoms. The summed E-state index contributed by atoms with van der Waals surface area (Å²) in [5.41, 5.74) is 3.57. The number of hydrogen-bond donors (Lipinski definition) is 1. The van der Waals surface area contributed by atoms with Crippen LogP contribution in [-0.4, -0.2) is 31.5 Å². The van der Waals surface area contributed by atoms with Crippen molar-refractivity contribution in [1.82, 2.24) is 4.90 Å². The molecule has 0 spiro atoms. The Labute approximate surface area is 145 Å². The molecule has 1 aliphatic rings. The second-order valence-electron chi connectivity index (χ2n) is 6.65. The number of ether oxygens (including phenoxy) is 1. The average molecular weight is 324 g/mol. The highest BCUT2D eigenvalue weighted by molar-refractivity contribution is 5.65. The molecule has 0 aliphatic heterocycles. The quantitative estimate of drug-likeness (QED) is 0.575. The van der Waals surface area contributed by atoms with E-state index in [0.717, 1.165) is 5.69 Å². The van der Waals surface area contributed by atoms with Crippen molar-refractivity contribution < 1.29 is 4.74 Å². The van der Waals surface area contributed by atoms with Crippen molar-refractivity contribution >= 4 is 5.69 Å². The Bertz CT molecular complexity index is 591. The van der Waals surface area contributed by atoms with Gasteiger partial charge in [-0.05, 0) is 43.1 Å². The Kier molecular flexibility index (Phi) is 6.27. The van der Waals surface area contributed by atoms with Crippen molar-refractivity contribution in [2.45, 2.75) is 38.1 Å². The van der Waals surface area contributed by atoms with E-state index in [1.165, 1.54) is 43.2 Å². The summed E-state index contributed by atoms with van der Waals surface area (Å²) in [6, 6.07) is 19.6. The molecule has 0 heterocycles. The molecule has 1 N–H and O–H groups in total. The second kappa shape index (κ2) is 8.86. The van der Waals surface area contributed by atoms with E-state index in [9.17, 15) is 0 Å². The van der Waals surface area contributed by atoms with Crippen LogP contribution < -0.4 is 5.32 Å². The van der Waals surface area contributed by atoms with Crippen LogP contribution in [0.3, 0.4) is 0 Å². The molecule has 3 nitrogen and oxygen atoms in total. The normalized spacial score (nSPS) is 15.6. The van der Waals surface area contributed by atoms with E-state index in [2.05, 4.69) is 65.8 Å². The second-order valence-corrected chi connectivity index (χ2v) is 6.65. The largest absolute Gasteiger partial charge is 0.363 e. The molecule has 0 radical (unpaired) electrons. The zero-order valence-electron chi connectivity index (χ0n) is 14.6. The molecule has 128 valence electrons. The summed E-state index contributed by atoms with van der Waals surface area (Å²) in [4.78, 5) is 2.35. The lowest BCUT2D eigenvalue weighted by Crippen LogP contribution is -2.35. The number of anilines is 1. The van der Waals surface area contributed by atoms with Crippen molar-refractivity contribution in [1.29, 1.82) is 0 Å². The standard InChI is InChI=1S/C21H28N2O/c1-23(21-10-6-3-7-11-21)17-24-16-22-20-14-12-19(13-15-20)18-8-4-2-5-9-18/h2,4-5,8-9,12-15,21-22H,3,6-7,10-11,16-17H2,1H3. The van der Waals surface area contributed by atoms with E-state index in [4.69, 9.17) is 4.74 Å². The fourth-order valence-electron chi connectivity index (χ4n) is 3.36. The van der Waals surface area contributed by atoms with Gasteiger partial charge in [-0.1, -0.05) is 61.7 Å². The zero-order chi connectivity index (χ0) is 16.6. The summed E-state index contributed by atoms with van der Waals surface area (Å²) in [6.45, 7) is 1.24. The highest BCUT2D eigenvalue weighted by Gasteiger charge is 2.17. The number of benzene rings is 2. The minimum atomic E-state index is 0.543. The van der Waals surface area contributed by atoms with Gasteiger partial charge in [-0.15, -0.1) is 0 Å². The van der Waals surface area contributed by atoms with Gasteiger partial charge in [0.15, 0.2) is 0 Å². The van der Waals surface area contributed by atoms with Crippen molar-refractivity contribution in [3.05, 3.63) is 54.6 Å². The van der Waals surface area contributed by atoms with Crippen molar-refractivity contribution in [2.75, 3.05) is 25.8 Å². The van der Waals surface area contributed by atoms with E-state index in [1.807, 2.05) is 6.07 Å². The van der Waals surface area contributed by atoms with Gasteiger partial charge < -0.3 is 10.1 Å². The lowest BCUT2D eigenvalue weighted by molar-refractivity contribution is 0.0202. The molecule has 1 aliphatic carbocycles. The summed E-state index contributed by atoms with van der Waals surface area (Å²) < 4.78 is 5.78. The monoisotopic (exact) mass is 324 g/mol. The van der Waals surface area contributed by atoms with Gasteiger partial charge in [-0.3, -0.25) is 4.90 Å². The first-order valence-corrected chi connectivity index (χ1v) is 9.00. The highest BCUT2D eigenvalue weighted by atomic mass is 16.5. The van der Waals surface area contributed by atoms with Gasteiger partial charge in [0.05, 0.1) is 0 Å². The minimum absolute atomic E-state index is 0.543. The first kappa shape index (κ1) is 17.0. The average Bonchev–Trinajstić information content (AvgIpc) is 2.67. The zero-order valence-corrected chi connectivity index (χ0v) is 14.6. The number of nitrogens with one attached hydrogen (secondary N) is 1. The molecule has 0 unspecified atom stereocenters. The fourth-order valence-corrected chi connectivity index (χ4v) is 3.36. The van der Waals surface area contributed by atoms with Gasteiger partial charge in [-0.25, -0.2) is 0 Å². The predicted molar refractivity (Wildman–Crippen MR) is 101 cm³/mol. The number of hydrogen-bond acceptors (Lipinski definition) is 3. The molecule has 0 amide bonds. The SMILES string of the molecule is CN(COCNc1ccc(-c2ccccc2)cc1)C1CCCCC1. The summed E-state index contributed by atoms with van der Waals surface area (Å²) in [5, 5.41) is 3.33. The highest BCUT2D eigenvalue weighted by Crippen LogP contribution is 2.22. The summed E-state index contributed by atoms with van der Waals surface area (Å²) in [7, 11) is 2.17. The number of rotatable bonds is 7. The van der Waals surface area contributed by atoms with Crippen LogP contribution in [0.15, 0.2) is 54.6 Å². The van der Waals surface area contributed by atoms with Crippen LogP contribution in [0.1, 0.15) is 32.1 Å². The van der Waals surface area contributed by atoms with Crippen LogP contribution >= 0.6 is 0 Å². The smallest absolute Gasteiger partial charge is 0.118 e. The molecule has 2 aromatic rings. The lowest BCUT2D eigenvalue weighted by Gasteiger charge is -2.30. The first-order valence-electron chi connectivity index (χ1n) is 9.00. The Balaban J connectivity index is 1.40. The van der Waals surface area contributed by atoms with Gasteiger partial charge in [0.1, 0.15) is 13.5 Å². The van der Waals surface area contributed by atoms with Gasteiger partial charge in [0.2, 0.25) is 0 Å². The molecule has 24 heavy (non-hydrogen) atoms. The molecule has 2 aromatic carbocycles. The third-order valence-corrected chi connectivity index (χ3v) is 4.86. The van der Waals surface area contributed by atoms with E-state index >= 15 is 0 Å². The Morgan fingerprint density at radius 2 is 1.58 bits per heavy atom. The maximum atomic E-state index is 5.78. The first-order chi connectivity index (χ1) is 11.8. The third-order valence-electron chi connectivity index (χ3n) is 4.86. The maximum absolute atomic E-state index is 5.78. The molecule has 1 fully saturated rings. The fraction of sp³-hybridized carbons (Fsp3) is 0.429. The van der Waals surface area contributed by atoms with Gasteiger partial charge >= 0.3 is 0 Å². The van der Waals surface area contributed by atoms with E-state index in [1.54, 1.807) is 0 Å². The van der Waals surface area contributed by atoms with Gasteiger partial charge in [-0.2, -0.15) is 0 Å². The van der Waals surface area contributed by atoms with Gasteiger partial charge in [0, 0.05) is 11.7 Å². The van der Waals surface area contributed by atoms with Crippen LogP contribution in [0.4, 0.5) is 5.69 Å². The van der Waals surface area contributed by atoms with Crippen LogP contribution in [0.25, 0.3) is 11.1 Å². The van der Waals surface area contributed by atoms with Crippen molar-refractivity contribution in [3.8, 4) is 11.1 Å². The van der Waals surface area contributed by atoms with E-state index < -0.39 is 0 Å². The topological polar surface area (TPSA) is 24.5 Å². The maximum Gasteiger partial charge on any atom is 0.118 e. The molecular formula is C21H28N2O. The molecular weight excluding hydrogens is 296 g/mol. The van der Waals surface area contributed by atoms with Crippen molar-refractivity contribution in [3.63, 3.8) is 0 Å². The Morgan fingerprint density at radius 3 is 2.29 bits per heavy atom. The van der Waals surface area contributed by atoms with E-state index in [-0.39, 0.29) is 0 Å². The van der Waals surface area contributed by atoms with Crippen LogP contribution in [0, 0.1) is 0 Å². The molecule has 0 bridgehead atoms. The van der Waals surface area contributed by atoms with Crippen LogP contribution in [0.2, 0.25) is 0 Å². The Hall–Kier alpha value is -1.84. The lowest BCUT2D eigenvalue weighted by atomic mass is 9.95. The molecule has 1 saturated carbocycles.